The molecular formula is C28H28B2O2P2. The van der Waals surface area contributed by atoms with Gasteiger partial charge in [0.1, 0.15) is 11.5 Å². The topological polar surface area (TPSA) is 18.5 Å². The minimum atomic E-state index is -0.554. The molecule has 4 aromatic rings. The molecule has 0 N–H and O–H groups in total. The second kappa shape index (κ2) is 14.0. The standard InChI is InChI=1S/C28H28O2P2.2B/c1-29-25-17-9-11-19-27(25)31(23-13-5-3-6-14-23)21-22-32(24-15-7-4-8-16-24)28-20-12-10-18-26(28)30-2;;/h3-20H,21-22H2,1-2H3;;. The molecule has 0 aromatic heterocycles. The predicted molar refractivity (Wildman–Crippen MR) is 152 cm³/mol. The lowest BCUT2D eigenvalue weighted by Gasteiger charge is -2.25. The van der Waals surface area contributed by atoms with E-state index in [1.165, 1.54) is 21.2 Å². The Morgan fingerprint density at radius 3 is 1.15 bits per heavy atom. The zero-order valence-electron chi connectivity index (χ0n) is 19.7. The highest BCUT2D eigenvalue weighted by molar-refractivity contribution is 7.76. The van der Waals surface area contributed by atoms with E-state index in [1.807, 2.05) is 12.1 Å². The molecule has 2 nitrogen and oxygen atoms in total. The van der Waals surface area contributed by atoms with Crippen LogP contribution in [0.2, 0.25) is 0 Å². The molecule has 0 aliphatic rings. The first-order valence-corrected chi connectivity index (χ1v) is 13.8. The molecule has 4 rings (SSSR count). The lowest BCUT2D eigenvalue weighted by Crippen LogP contribution is -2.21. The van der Waals surface area contributed by atoms with E-state index in [9.17, 15) is 0 Å². The van der Waals surface area contributed by atoms with Gasteiger partial charge in [-0.3, -0.25) is 0 Å². The van der Waals surface area contributed by atoms with Gasteiger partial charge in [0.25, 0.3) is 0 Å². The molecule has 0 amide bonds. The first kappa shape index (κ1) is 27.7. The quantitative estimate of drug-likeness (QED) is 0.260. The molecule has 6 radical (unpaired) electrons. The molecule has 2 atom stereocenters. The molecule has 0 saturated carbocycles. The predicted octanol–water partition coefficient (Wildman–Crippen LogP) is 4.51. The van der Waals surface area contributed by atoms with Crippen molar-refractivity contribution in [3.63, 3.8) is 0 Å². The van der Waals surface area contributed by atoms with E-state index in [1.54, 1.807) is 14.2 Å². The zero-order valence-corrected chi connectivity index (χ0v) is 21.5. The van der Waals surface area contributed by atoms with E-state index in [-0.39, 0.29) is 16.8 Å². The van der Waals surface area contributed by atoms with Gasteiger partial charge in [0.05, 0.1) is 14.2 Å². The van der Waals surface area contributed by atoms with E-state index in [0.29, 0.717) is 0 Å². The molecule has 4 aromatic carbocycles. The molecule has 34 heavy (non-hydrogen) atoms. The van der Waals surface area contributed by atoms with Crippen molar-refractivity contribution in [2.75, 3.05) is 26.5 Å². The average Bonchev–Trinajstić information content (AvgIpc) is 2.88. The maximum absolute atomic E-state index is 5.76. The molecule has 0 spiro atoms. The SMILES string of the molecule is COc1ccccc1P(CCP(c1ccccc1)c1ccccc1OC)c1ccccc1.[B].[B]. The number of hydrogen-bond donors (Lipinski definition) is 0. The van der Waals surface area contributed by atoms with Crippen LogP contribution in [0.1, 0.15) is 0 Å². The third kappa shape index (κ3) is 6.53. The Morgan fingerprint density at radius 2 is 0.794 bits per heavy atom. The van der Waals surface area contributed by atoms with Crippen molar-refractivity contribution in [2.24, 2.45) is 0 Å². The van der Waals surface area contributed by atoms with Crippen LogP contribution in [0.15, 0.2) is 109 Å². The molecule has 0 fully saturated rings. The number of benzene rings is 4. The number of ether oxygens (including phenoxy) is 2. The van der Waals surface area contributed by atoms with Gasteiger partial charge in [-0.25, -0.2) is 0 Å². The Hall–Kier alpha value is -2.53. The zero-order chi connectivity index (χ0) is 22.2. The number of para-hydroxylation sites is 2. The van der Waals surface area contributed by atoms with Crippen molar-refractivity contribution < 1.29 is 9.47 Å². The van der Waals surface area contributed by atoms with Gasteiger partial charge in [0.2, 0.25) is 0 Å². The van der Waals surface area contributed by atoms with E-state index < -0.39 is 15.8 Å². The third-order valence-electron chi connectivity index (χ3n) is 5.43. The lowest BCUT2D eigenvalue weighted by atomic mass is 10.3. The summed E-state index contributed by atoms with van der Waals surface area (Å²) in [7, 11) is 2.43. The lowest BCUT2D eigenvalue weighted by molar-refractivity contribution is 0.418. The average molecular weight is 480 g/mol. The summed E-state index contributed by atoms with van der Waals surface area (Å²) in [6.45, 7) is 0. The highest BCUT2D eigenvalue weighted by Gasteiger charge is 2.23. The molecule has 0 heterocycles. The van der Waals surface area contributed by atoms with Crippen molar-refractivity contribution in [1.82, 2.24) is 0 Å². The van der Waals surface area contributed by atoms with Crippen molar-refractivity contribution in [2.45, 2.75) is 0 Å². The summed E-state index contributed by atoms with van der Waals surface area (Å²) >= 11 is 0. The molecule has 0 aliphatic carbocycles. The molecule has 168 valence electrons. The number of rotatable bonds is 9. The fourth-order valence-corrected chi connectivity index (χ4v) is 9.51. The van der Waals surface area contributed by atoms with Crippen molar-refractivity contribution >= 4 is 53.9 Å². The van der Waals surface area contributed by atoms with E-state index in [0.717, 1.165) is 23.8 Å². The maximum Gasteiger partial charge on any atom is 0.126 e. The van der Waals surface area contributed by atoms with Crippen LogP contribution in [-0.4, -0.2) is 43.4 Å². The first-order valence-electron chi connectivity index (χ1n) is 10.7. The van der Waals surface area contributed by atoms with Gasteiger partial charge in [-0.1, -0.05) is 97.1 Å². The largest absolute Gasteiger partial charge is 0.496 e. The van der Waals surface area contributed by atoms with Crippen LogP contribution in [0.25, 0.3) is 0 Å². The minimum absolute atomic E-state index is 0. The Morgan fingerprint density at radius 1 is 0.471 bits per heavy atom. The van der Waals surface area contributed by atoms with Crippen molar-refractivity contribution in [3.05, 3.63) is 109 Å². The van der Waals surface area contributed by atoms with Gasteiger partial charge >= 0.3 is 0 Å². The van der Waals surface area contributed by atoms with Gasteiger partial charge in [0.15, 0.2) is 0 Å². The Labute approximate surface area is 210 Å². The Bertz CT molecular complexity index is 1040. The van der Waals surface area contributed by atoms with Crippen LogP contribution < -0.4 is 30.7 Å². The Kier molecular flexibility index (Phi) is 11.4. The fraction of sp³-hybridized carbons (Fsp3) is 0.143. The van der Waals surface area contributed by atoms with Crippen LogP contribution in [-0.2, 0) is 0 Å². The van der Waals surface area contributed by atoms with Crippen molar-refractivity contribution in [1.29, 1.82) is 0 Å². The van der Waals surface area contributed by atoms with Gasteiger partial charge in [0, 0.05) is 27.4 Å². The summed E-state index contributed by atoms with van der Waals surface area (Å²) in [6.07, 6.45) is 2.16. The van der Waals surface area contributed by atoms with Gasteiger partial charge in [-0.15, -0.1) is 0 Å². The third-order valence-corrected chi connectivity index (χ3v) is 10.9. The second-order valence-corrected chi connectivity index (χ2v) is 11.9. The molecule has 0 aliphatic heterocycles. The van der Waals surface area contributed by atoms with Crippen LogP contribution in [0.4, 0.5) is 0 Å². The number of hydrogen-bond acceptors (Lipinski definition) is 2. The highest BCUT2D eigenvalue weighted by Crippen LogP contribution is 2.44. The summed E-state index contributed by atoms with van der Waals surface area (Å²) in [5.74, 6) is 1.95. The maximum atomic E-state index is 5.76. The van der Waals surface area contributed by atoms with E-state index in [4.69, 9.17) is 9.47 Å². The monoisotopic (exact) mass is 480 g/mol. The fourth-order valence-electron chi connectivity index (χ4n) is 3.90. The number of methoxy groups -OCH3 is 2. The van der Waals surface area contributed by atoms with E-state index >= 15 is 0 Å². The summed E-state index contributed by atoms with van der Waals surface area (Å²) in [5.41, 5.74) is 0. The summed E-state index contributed by atoms with van der Waals surface area (Å²) in [4.78, 5) is 0. The summed E-state index contributed by atoms with van der Waals surface area (Å²) < 4.78 is 11.5. The Balaban J connectivity index is 0.00000204. The summed E-state index contributed by atoms with van der Waals surface area (Å²) in [5, 5.41) is 5.38. The summed E-state index contributed by atoms with van der Waals surface area (Å²) in [6, 6.07) is 38.7. The molecule has 2 unspecified atom stereocenters. The molecule has 6 heteroatoms. The second-order valence-electron chi connectivity index (χ2n) is 7.32. The minimum Gasteiger partial charge on any atom is -0.496 e. The normalized spacial score (nSPS) is 11.9. The first-order chi connectivity index (χ1) is 15.8. The van der Waals surface area contributed by atoms with Crippen LogP contribution in [0.5, 0.6) is 11.5 Å². The van der Waals surface area contributed by atoms with Crippen LogP contribution >= 0.6 is 15.8 Å². The van der Waals surface area contributed by atoms with Gasteiger partial charge in [-0.2, -0.15) is 0 Å². The van der Waals surface area contributed by atoms with Crippen molar-refractivity contribution in [3.8, 4) is 11.5 Å². The van der Waals surface area contributed by atoms with Crippen LogP contribution in [0.3, 0.4) is 0 Å². The molecule has 0 saturated heterocycles. The highest BCUT2D eigenvalue weighted by atomic mass is 31.1. The van der Waals surface area contributed by atoms with Gasteiger partial charge < -0.3 is 9.47 Å². The van der Waals surface area contributed by atoms with Crippen LogP contribution in [0, 0.1) is 0 Å². The van der Waals surface area contributed by atoms with Gasteiger partial charge in [-0.05, 0) is 50.9 Å². The van der Waals surface area contributed by atoms with E-state index in [2.05, 4.69) is 97.1 Å². The molecular weight excluding hydrogens is 452 g/mol. The molecule has 0 bridgehead atoms. The smallest absolute Gasteiger partial charge is 0.126 e.